The lowest BCUT2D eigenvalue weighted by Crippen LogP contribution is -2.20. The van der Waals surface area contributed by atoms with E-state index in [0.717, 1.165) is 0 Å². The molecule has 1 aromatic carbocycles. The molecule has 2 heterocycles. The summed E-state index contributed by atoms with van der Waals surface area (Å²) in [6.07, 6.45) is 10.8. The first kappa shape index (κ1) is 20.3. The number of allylic oxidation sites excluding steroid dienone is 5. The number of ether oxygens (including phenoxy) is 4. The second-order valence-electron chi connectivity index (χ2n) is 6.17. The van der Waals surface area contributed by atoms with Crippen molar-refractivity contribution in [3.63, 3.8) is 0 Å². The van der Waals surface area contributed by atoms with Crippen LogP contribution in [0.25, 0.3) is 10.9 Å². The maximum Gasteiger partial charge on any atom is 0.343 e. The number of hydrogen-bond acceptors (Lipinski definition) is 6. The third-order valence-electron chi connectivity index (χ3n) is 4.34. The molecule has 1 aliphatic heterocycles. The molecule has 0 aliphatic carbocycles. The predicted octanol–water partition coefficient (Wildman–Crippen LogP) is 3.57. The fourth-order valence-corrected chi connectivity index (χ4v) is 2.98. The number of fused-ring (bicyclic) bond motifs is 2. The quantitative estimate of drug-likeness (QED) is 0.404. The summed E-state index contributed by atoms with van der Waals surface area (Å²) in [5.41, 5.74) is 0.224. The van der Waals surface area contributed by atoms with Crippen molar-refractivity contribution in [2.45, 2.75) is 20.4 Å². The molecular weight excluding hydrogens is 374 g/mol. The van der Waals surface area contributed by atoms with Gasteiger partial charge in [0.2, 0.25) is 12.2 Å². The van der Waals surface area contributed by atoms with E-state index in [4.69, 9.17) is 18.9 Å². The van der Waals surface area contributed by atoms with Gasteiger partial charge < -0.3 is 23.5 Å². The van der Waals surface area contributed by atoms with Crippen LogP contribution in [0, 0.1) is 0 Å². The van der Waals surface area contributed by atoms with Gasteiger partial charge in [0.15, 0.2) is 11.5 Å². The molecule has 1 aromatic heterocycles. The van der Waals surface area contributed by atoms with E-state index in [2.05, 4.69) is 0 Å². The van der Waals surface area contributed by atoms with Crippen LogP contribution < -0.4 is 14.9 Å². The average molecular weight is 397 g/mol. The molecule has 0 fully saturated rings. The Bertz CT molecular complexity index is 1060. The first-order valence-corrected chi connectivity index (χ1v) is 9.26. The van der Waals surface area contributed by atoms with E-state index in [1.807, 2.05) is 37.3 Å². The summed E-state index contributed by atoms with van der Waals surface area (Å²) in [6, 6.07) is 3.36. The molecule has 0 atom stereocenters. The van der Waals surface area contributed by atoms with Gasteiger partial charge in [-0.3, -0.25) is 4.79 Å². The van der Waals surface area contributed by atoms with Gasteiger partial charge in [0.05, 0.1) is 24.6 Å². The first-order valence-electron chi connectivity index (χ1n) is 9.26. The van der Waals surface area contributed by atoms with Crippen molar-refractivity contribution in [1.29, 1.82) is 0 Å². The third-order valence-corrected chi connectivity index (χ3v) is 4.34. The number of nitrogens with zero attached hydrogens (tertiary/aromatic N) is 1. The Hall–Kier alpha value is -3.48. The summed E-state index contributed by atoms with van der Waals surface area (Å²) in [7, 11) is 1.60. The van der Waals surface area contributed by atoms with Gasteiger partial charge in [-0.25, -0.2) is 4.79 Å². The van der Waals surface area contributed by atoms with Crippen LogP contribution in [0.3, 0.4) is 0 Å². The third kappa shape index (κ3) is 4.34. The Morgan fingerprint density at radius 1 is 1.28 bits per heavy atom. The zero-order valence-corrected chi connectivity index (χ0v) is 16.6. The van der Waals surface area contributed by atoms with E-state index in [9.17, 15) is 9.59 Å². The molecule has 0 saturated carbocycles. The zero-order chi connectivity index (χ0) is 20.8. The summed E-state index contributed by atoms with van der Waals surface area (Å²) >= 11 is 0. The Labute approximate surface area is 168 Å². The summed E-state index contributed by atoms with van der Waals surface area (Å²) in [5, 5.41) is 0.371. The number of carbonyl (C=O) groups is 1. The molecule has 1 aliphatic rings. The second-order valence-corrected chi connectivity index (χ2v) is 6.17. The number of rotatable bonds is 7. The van der Waals surface area contributed by atoms with Gasteiger partial charge in [0, 0.05) is 18.8 Å². The monoisotopic (exact) mass is 397 g/mol. The lowest BCUT2D eigenvalue weighted by Gasteiger charge is -2.12. The minimum Gasteiger partial charge on any atom is -0.497 e. The van der Waals surface area contributed by atoms with Crippen molar-refractivity contribution >= 4 is 16.9 Å². The molecule has 7 nitrogen and oxygen atoms in total. The van der Waals surface area contributed by atoms with Gasteiger partial charge >= 0.3 is 5.97 Å². The number of esters is 1. The maximum absolute atomic E-state index is 12.9. The van der Waals surface area contributed by atoms with Gasteiger partial charge in [0.25, 0.3) is 0 Å². The van der Waals surface area contributed by atoms with Crippen LogP contribution in [0.15, 0.2) is 59.3 Å². The van der Waals surface area contributed by atoms with Crippen molar-refractivity contribution in [2.24, 2.45) is 0 Å². The van der Waals surface area contributed by atoms with Crippen LogP contribution in [-0.2, 0) is 16.0 Å². The van der Waals surface area contributed by atoms with E-state index in [1.165, 1.54) is 6.20 Å². The highest BCUT2D eigenvalue weighted by atomic mass is 16.7. The lowest BCUT2D eigenvalue weighted by molar-refractivity contribution is 0.0524. The van der Waals surface area contributed by atoms with E-state index in [0.29, 0.717) is 34.7 Å². The van der Waals surface area contributed by atoms with E-state index >= 15 is 0 Å². The predicted molar refractivity (Wildman–Crippen MR) is 109 cm³/mol. The molecule has 0 unspecified atom stereocenters. The van der Waals surface area contributed by atoms with Crippen molar-refractivity contribution < 1.29 is 23.7 Å². The van der Waals surface area contributed by atoms with Crippen LogP contribution in [-0.4, -0.2) is 31.0 Å². The minimum atomic E-state index is -0.649. The highest BCUT2D eigenvalue weighted by Gasteiger charge is 2.21. The lowest BCUT2D eigenvalue weighted by atomic mass is 10.1. The van der Waals surface area contributed by atoms with Gasteiger partial charge in [-0.2, -0.15) is 0 Å². The number of aromatic nitrogens is 1. The topological polar surface area (TPSA) is 76.0 Å². The smallest absolute Gasteiger partial charge is 0.343 e. The van der Waals surface area contributed by atoms with Crippen LogP contribution in [0.2, 0.25) is 0 Å². The summed E-state index contributed by atoms with van der Waals surface area (Å²) in [6.45, 7) is 4.31. The van der Waals surface area contributed by atoms with Crippen LogP contribution >= 0.6 is 0 Å². The van der Waals surface area contributed by atoms with E-state index in [1.54, 1.807) is 30.7 Å². The number of benzene rings is 1. The Kier molecular flexibility index (Phi) is 6.39. The number of methoxy groups -OCH3 is 1. The second kappa shape index (κ2) is 9.14. The number of pyridine rings is 1. The molecule has 0 spiro atoms. The number of hydrogen-bond donors (Lipinski definition) is 0. The standard InChI is InChI=1S/C22H23NO6/c1-4-8-15(26-3)9-6-7-10-23-13-17(22(25)27-5-2)21(24)16-11-19-20(12-18(16)23)29-14-28-19/h4,6-9,11-13H,5,10,14H2,1-3H3/b7-6+,8-4-,15-9+. The minimum absolute atomic E-state index is 0.0198. The van der Waals surface area contributed by atoms with Gasteiger partial charge in [-0.15, -0.1) is 0 Å². The van der Waals surface area contributed by atoms with Crippen LogP contribution in [0.4, 0.5) is 0 Å². The van der Waals surface area contributed by atoms with Gasteiger partial charge in [-0.05, 0) is 32.1 Å². The van der Waals surface area contributed by atoms with Crippen molar-refractivity contribution in [3.8, 4) is 11.5 Å². The fourth-order valence-electron chi connectivity index (χ4n) is 2.98. The van der Waals surface area contributed by atoms with Crippen molar-refractivity contribution in [3.05, 3.63) is 70.3 Å². The normalized spacial score (nSPS) is 13.6. The molecule has 0 amide bonds. The Balaban J connectivity index is 2.05. The first-order chi connectivity index (χ1) is 14.1. The maximum atomic E-state index is 12.9. The largest absolute Gasteiger partial charge is 0.497 e. The number of carbonyl (C=O) groups excluding carboxylic acids is 1. The molecule has 152 valence electrons. The zero-order valence-electron chi connectivity index (χ0n) is 16.6. The molecule has 0 radical (unpaired) electrons. The molecule has 3 rings (SSSR count). The van der Waals surface area contributed by atoms with Crippen LogP contribution in [0.1, 0.15) is 24.2 Å². The van der Waals surface area contributed by atoms with E-state index < -0.39 is 11.4 Å². The summed E-state index contributed by atoms with van der Waals surface area (Å²) < 4.78 is 22.9. The van der Waals surface area contributed by atoms with Crippen molar-refractivity contribution in [2.75, 3.05) is 20.5 Å². The molecule has 0 N–H and O–H groups in total. The molecule has 2 aromatic rings. The van der Waals surface area contributed by atoms with Gasteiger partial charge in [-0.1, -0.05) is 18.2 Å². The molecular formula is C22H23NO6. The van der Waals surface area contributed by atoms with Gasteiger partial charge in [0.1, 0.15) is 11.3 Å². The summed E-state index contributed by atoms with van der Waals surface area (Å²) in [4.78, 5) is 25.1. The average Bonchev–Trinajstić information content (AvgIpc) is 3.18. The Morgan fingerprint density at radius 2 is 2.03 bits per heavy atom. The van der Waals surface area contributed by atoms with Crippen molar-refractivity contribution in [1.82, 2.24) is 4.57 Å². The molecule has 7 heteroatoms. The van der Waals surface area contributed by atoms with E-state index in [-0.39, 0.29) is 19.0 Å². The molecule has 0 saturated heterocycles. The Morgan fingerprint density at radius 3 is 2.72 bits per heavy atom. The highest BCUT2D eigenvalue weighted by molar-refractivity contribution is 5.94. The molecule has 29 heavy (non-hydrogen) atoms. The summed E-state index contributed by atoms with van der Waals surface area (Å²) in [5.74, 6) is 1.11. The fraction of sp³-hybridized carbons (Fsp3) is 0.273. The SMILES string of the molecule is C\C=C/C(=C\C=C\Cn1cc(C(=O)OCC)c(=O)c2cc3c(cc21)OCO3)OC. The highest BCUT2D eigenvalue weighted by Crippen LogP contribution is 2.35. The molecule has 0 bridgehead atoms. The van der Waals surface area contributed by atoms with Crippen LogP contribution in [0.5, 0.6) is 11.5 Å².